The number of amides is 1. The van der Waals surface area contributed by atoms with Gasteiger partial charge in [-0.3, -0.25) is 9.69 Å². The lowest BCUT2D eigenvalue weighted by Gasteiger charge is -2.21. The van der Waals surface area contributed by atoms with Crippen molar-refractivity contribution in [3.05, 3.63) is 28.2 Å². The zero-order valence-corrected chi connectivity index (χ0v) is 14.2. The molecule has 1 aromatic rings. The third-order valence-electron chi connectivity index (χ3n) is 3.34. The Hall–Kier alpha value is -0.810. The van der Waals surface area contributed by atoms with Gasteiger partial charge >= 0.3 is 0 Å². The lowest BCUT2D eigenvalue weighted by molar-refractivity contribution is -0.117. The lowest BCUT2D eigenvalue weighted by Crippen LogP contribution is -2.35. The van der Waals surface area contributed by atoms with Gasteiger partial charge in [-0.2, -0.15) is 0 Å². The molecule has 1 atom stereocenters. The molecule has 1 unspecified atom stereocenters. The highest BCUT2D eigenvalue weighted by Crippen LogP contribution is 2.29. The van der Waals surface area contributed by atoms with E-state index in [1.165, 1.54) is 0 Å². The molecule has 0 saturated heterocycles. The molecular formula is C15H23Cl2N3O. The SMILES string of the molecule is CC(C)C(N)CCN(C)CC(=O)Nc1cccc(Cl)c1Cl. The summed E-state index contributed by atoms with van der Waals surface area (Å²) in [6, 6.07) is 5.30. The summed E-state index contributed by atoms with van der Waals surface area (Å²) in [6.07, 6.45) is 0.860. The molecule has 0 aliphatic heterocycles. The summed E-state index contributed by atoms with van der Waals surface area (Å²) in [5.74, 6) is 0.317. The van der Waals surface area contributed by atoms with E-state index < -0.39 is 0 Å². The molecule has 0 heterocycles. The fourth-order valence-electron chi connectivity index (χ4n) is 1.82. The van der Waals surface area contributed by atoms with E-state index in [2.05, 4.69) is 19.2 Å². The second-order valence-corrected chi connectivity index (χ2v) is 6.37. The zero-order chi connectivity index (χ0) is 16.0. The molecule has 0 bridgehead atoms. The average Bonchev–Trinajstić information content (AvgIpc) is 2.41. The van der Waals surface area contributed by atoms with Crippen molar-refractivity contribution in [2.75, 3.05) is 25.5 Å². The van der Waals surface area contributed by atoms with E-state index in [0.29, 0.717) is 21.7 Å². The van der Waals surface area contributed by atoms with Gasteiger partial charge in [0.1, 0.15) is 0 Å². The minimum Gasteiger partial charge on any atom is -0.327 e. The number of hydrogen-bond acceptors (Lipinski definition) is 3. The minimum atomic E-state index is -0.125. The summed E-state index contributed by atoms with van der Waals surface area (Å²) in [5.41, 5.74) is 6.53. The predicted octanol–water partition coefficient (Wildman–Crippen LogP) is 3.24. The number of rotatable bonds is 7. The Morgan fingerprint density at radius 3 is 2.67 bits per heavy atom. The first-order valence-electron chi connectivity index (χ1n) is 6.99. The molecule has 0 aliphatic carbocycles. The minimum absolute atomic E-state index is 0.125. The van der Waals surface area contributed by atoms with Crippen LogP contribution in [0.2, 0.25) is 10.0 Å². The Morgan fingerprint density at radius 2 is 2.05 bits per heavy atom. The third kappa shape index (κ3) is 6.22. The Morgan fingerprint density at radius 1 is 1.38 bits per heavy atom. The highest BCUT2D eigenvalue weighted by atomic mass is 35.5. The van der Waals surface area contributed by atoms with E-state index in [1.54, 1.807) is 18.2 Å². The normalized spacial score (nSPS) is 12.8. The Kier molecular flexibility index (Phi) is 7.46. The molecule has 1 aromatic carbocycles. The monoisotopic (exact) mass is 331 g/mol. The van der Waals surface area contributed by atoms with Crippen LogP contribution < -0.4 is 11.1 Å². The highest BCUT2D eigenvalue weighted by Gasteiger charge is 2.12. The van der Waals surface area contributed by atoms with Crippen molar-refractivity contribution in [2.24, 2.45) is 11.7 Å². The van der Waals surface area contributed by atoms with E-state index in [4.69, 9.17) is 28.9 Å². The fraction of sp³-hybridized carbons (Fsp3) is 0.533. The summed E-state index contributed by atoms with van der Waals surface area (Å²) in [6.45, 7) is 5.25. The second kappa shape index (κ2) is 8.59. The maximum Gasteiger partial charge on any atom is 0.238 e. The number of nitrogens with zero attached hydrogens (tertiary/aromatic N) is 1. The Labute approximate surface area is 136 Å². The number of nitrogens with two attached hydrogens (primary N) is 1. The average molecular weight is 332 g/mol. The maximum atomic E-state index is 12.0. The predicted molar refractivity (Wildman–Crippen MR) is 90.0 cm³/mol. The number of nitrogens with one attached hydrogen (secondary N) is 1. The van der Waals surface area contributed by atoms with E-state index in [-0.39, 0.29) is 18.5 Å². The van der Waals surface area contributed by atoms with Crippen LogP contribution in [0.25, 0.3) is 0 Å². The number of anilines is 1. The van der Waals surface area contributed by atoms with Gasteiger partial charge in [-0.15, -0.1) is 0 Å². The second-order valence-electron chi connectivity index (χ2n) is 5.58. The molecule has 0 fully saturated rings. The molecule has 1 amide bonds. The number of carbonyl (C=O) groups is 1. The van der Waals surface area contributed by atoms with Crippen LogP contribution in [0.15, 0.2) is 18.2 Å². The van der Waals surface area contributed by atoms with Gasteiger partial charge in [0, 0.05) is 6.04 Å². The molecule has 0 saturated carbocycles. The van der Waals surface area contributed by atoms with Crippen LogP contribution in [0.3, 0.4) is 0 Å². The van der Waals surface area contributed by atoms with Crippen LogP contribution in [-0.4, -0.2) is 37.0 Å². The smallest absolute Gasteiger partial charge is 0.238 e. The molecular weight excluding hydrogens is 309 g/mol. The van der Waals surface area contributed by atoms with Crippen molar-refractivity contribution < 1.29 is 4.79 Å². The summed E-state index contributed by atoms with van der Waals surface area (Å²) in [5, 5.41) is 3.54. The summed E-state index contributed by atoms with van der Waals surface area (Å²) >= 11 is 11.9. The fourth-order valence-corrected chi connectivity index (χ4v) is 2.16. The van der Waals surface area contributed by atoms with Crippen LogP contribution in [0.5, 0.6) is 0 Å². The molecule has 3 N–H and O–H groups in total. The first-order valence-corrected chi connectivity index (χ1v) is 7.74. The molecule has 0 radical (unpaired) electrons. The van der Waals surface area contributed by atoms with Crippen molar-refractivity contribution in [2.45, 2.75) is 26.3 Å². The largest absolute Gasteiger partial charge is 0.327 e. The number of halogens is 2. The van der Waals surface area contributed by atoms with Crippen LogP contribution in [0.1, 0.15) is 20.3 Å². The molecule has 4 nitrogen and oxygen atoms in total. The number of likely N-dealkylation sites (N-methyl/N-ethyl adjacent to an activating group) is 1. The lowest BCUT2D eigenvalue weighted by atomic mass is 10.0. The summed E-state index contributed by atoms with van der Waals surface area (Å²) < 4.78 is 0. The van der Waals surface area contributed by atoms with Gasteiger partial charge in [0.25, 0.3) is 0 Å². The molecule has 0 spiro atoms. The van der Waals surface area contributed by atoms with Crippen molar-refractivity contribution in [1.29, 1.82) is 0 Å². The van der Waals surface area contributed by atoms with E-state index in [9.17, 15) is 4.79 Å². The van der Waals surface area contributed by atoms with Gasteiger partial charge in [0.05, 0.1) is 22.3 Å². The van der Waals surface area contributed by atoms with Crippen LogP contribution >= 0.6 is 23.2 Å². The maximum absolute atomic E-state index is 12.0. The quantitative estimate of drug-likeness (QED) is 0.806. The number of carbonyl (C=O) groups excluding carboxylic acids is 1. The third-order valence-corrected chi connectivity index (χ3v) is 4.16. The number of hydrogen-bond donors (Lipinski definition) is 2. The van der Waals surface area contributed by atoms with Gasteiger partial charge in [0.15, 0.2) is 0 Å². The van der Waals surface area contributed by atoms with Crippen molar-refractivity contribution in [1.82, 2.24) is 4.90 Å². The molecule has 21 heavy (non-hydrogen) atoms. The van der Waals surface area contributed by atoms with Gasteiger partial charge < -0.3 is 11.1 Å². The zero-order valence-electron chi connectivity index (χ0n) is 12.7. The van der Waals surface area contributed by atoms with E-state index >= 15 is 0 Å². The van der Waals surface area contributed by atoms with E-state index in [0.717, 1.165) is 13.0 Å². The summed E-state index contributed by atoms with van der Waals surface area (Å²) in [4.78, 5) is 13.9. The molecule has 6 heteroatoms. The van der Waals surface area contributed by atoms with Gasteiger partial charge in [0.2, 0.25) is 5.91 Å². The van der Waals surface area contributed by atoms with Crippen molar-refractivity contribution in [3.8, 4) is 0 Å². The first kappa shape index (κ1) is 18.2. The summed E-state index contributed by atoms with van der Waals surface area (Å²) in [7, 11) is 1.90. The topological polar surface area (TPSA) is 58.4 Å². The molecule has 118 valence electrons. The van der Waals surface area contributed by atoms with E-state index in [1.807, 2.05) is 11.9 Å². The highest BCUT2D eigenvalue weighted by molar-refractivity contribution is 6.43. The van der Waals surface area contributed by atoms with Crippen LogP contribution in [0, 0.1) is 5.92 Å². The number of benzene rings is 1. The van der Waals surface area contributed by atoms with Crippen molar-refractivity contribution >= 4 is 34.8 Å². The molecule has 0 aromatic heterocycles. The Bertz CT molecular complexity index is 480. The van der Waals surface area contributed by atoms with Crippen LogP contribution in [-0.2, 0) is 4.79 Å². The standard InChI is InChI=1S/C15H23Cl2N3O/c1-10(2)12(18)7-8-20(3)9-14(21)19-13-6-4-5-11(16)15(13)17/h4-6,10,12H,7-9,18H2,1-3H3,(H,19,21). The molecule has 0 aliphatic rings. The van der Waals surface area contributed by atoms with Gasteiger partial charge in [-0.05, 0) is 38.1 Å². The van der Waals surface area contributed by atoms with Crippen LogP contribution in [0.4, 0.5) is 5.69 Å². The van der Waals surface area contributed by atoms with Gasteiger partial charge in [-0.25, -0.2) is 0 Å². The molecule has 1 rings (SSSR count). The van der Waals surface area contributed by atoms with Crippen molar-refractivity contribution in [3.63, 3.8) is 0 Å². The Balaban J connectivity index is 2.44. The van der Waals surface area contributed by atoms with Gasteiger partial charge in [-0.1, -0.05) is 43.1 Å². The first-order chi connectivity index (χ1) is 9.81.